The monoisotopic (exact) mass is 288 g/mol. The van der Waals surface area contributed by atoms with Gasteiger partial charge in [0, 0.05) is 11.6 Å². The molecule has 21 heavy (non-hydrogen) atoms. The molecule has 2 amide bonds. The van der Waals surface area contributed by atoms with E-state index in [1.165, 1.54) is 6.42 Å². The van der Waals surface area contributed by atoms with Crippen LogP contribution in [-0.4, -0.2) is 18.4 Å². The molecule has 0 aliphatic heterocycles. The fraction of sp³-hybridized carbons (Fsp3) is 0.500. The van der Waals surface area contributed by atoms with Crippen molar-refractivity contribution < 1.29 is 14.3 Å². The van der Waals surface area contributed by atoms with Gasteiger partial charge in [0.2, 0.25) is 11.8 Å². The van der Waals surface area contributed by atoms with Crippen molar-refractivity contribution in [2.45, 2.75) is 25.7 Å². The van der Waals surface area contributed by atoms with Crippen LogP contribution in [0.15, 0.2) is 24.3 Å². The molecule has 0 aromatic heterocycles. The lowest BCUT2D eigenvalue weighted by Crippen LogP contribution is -2.21. The summed E-state index contributed by atoms with van der Waals surface area (Å²) in [4.78, 5) is 22.7. The largest absolute Gasteiger partial charge is 0.493 e. The molecule has 112 valence electrons. The zero-order chi connectivity index (χ0) is 14.8. The summed E-state index contributed by atoms with van der Waals surface area (Å²) in [6.07, 6.45) is 3.61. The number of hydrogen-bond acceptors (Lipinski definition) is 3. The number of nitrogens with one attached hydrogen (secondary N) is 1. The Morgan fingerprint density at radius 3 is 2.43 bits per heavy atom. The molecule has 0 radical (unpaired) electrons. The molecule has 2 saturated carbocycles. The third kappa shape index (κ3) is 3.54. The molecular weight excluding hydrogens is 268 g/mol. The first-order valence-electron chi connectivity index (χ1n) is 7.44. The van der Waals surface area contributed by atoms with E-state index in [9.17, 15) is 9.59 Å². The van der Waals surface area contributed by atoms with Gasteiger partial charge >= 0.3 is 0 Å². The lowest BCUT2D eigenvalue weighted by atomic mass is 10.0. The summed E-state index contributed by atoms with van der Waals surface area (Å²) in [5.74, 6) is 2.21. The lowest BCUT2D eigenvalue weighted by Gasteiger charge is -2.12. The number of hydrogen-bond donors (Lipinski definition) is 2. The van der Waals surface area contributed by atoms with Crippen LogP contribution in [0.1, 0.15) is 25.7 Å². The van der Waals surface area contributed by atoms with Crippen molar-refractivity contribution in [3.8, 4) is 5.75 Å². The number of benzene rings is 1. The molecule has 2 aliphatic carbocycles. The van der Waals surface area contributed by atoms with Crippen molar-refractivity contribution in [3.05, 3.63) is 24.3 Å². The second-order valence-corrected chi connectivity index (χ2v) is 6.00. The van der Waals surface area contributed by atoms with E-state index in [1.54, 1.807) is 12.1 Å². The van der Waals surface area contributed by atoms with Gasteiger partial charge in [0.05, 0.1) is 13.0 Å². The van der Waals surface area contributed by atoms with E-state index in [4.69, 9.17) is 10.5 Å². The van der Waals surface area contributed by atoms with Crippen molar-refractivity contribution in [2.24, 2.45) is 23.5 Å². The Hall–Kier alpha value is -2.04. The molecule has 3 N–H and O–H groups in total. The molecule has 2 atom stereocenters. The maximum atomic E-state index is 12.1. The number of amides is 2. The Kier molecular flexibility index (Phi) is 3.82. The number of nitrogens with two attached hydrogens (primary N) is 1. The highest BCUT2D eigenvalue weighted by molar-refractivity contribution is 5.92. The van der Waals surface area contributed by atoms with Crippen LogP contribution in [0.25, 0.3) is 0 Å². The van der Waals surface area contributed by atoms with Gasteiger partial charge in [-0.25, -0.2) is 0 Å². The van der Waals surface area contributed by atoms with Crippen LogP contribution in [-0.2, 0) is 9.59 Å². The van der Waals surface area contributed by atoms with Crippen LogP contribution in [0.5, 0.6) is 5.75 Å². The summed E-state index contributed by atoms with van der Waals surface area (Å²) in [6, 6.07) is 7.19. The van der Waals surface area contributed by atoms with Crippen LogP contribution in [0.2, 0.25) is 0 Å². The normalized spacial score (nSPS) is 26.0. The Morgan fingerprint density at radius 2 is 1.81 bits per heavy atom. The smallest absolute Gasteiger partial charge is 0.227 e. The van der Waals surface area contributed by atoms with E-state index in [0.29, 0.717) is 5.75 Å². The number of primary amides is 1. The van der Waals surface area contributed by atoms with E-state index in [0.717, 1.165) is 30.4 Å². The second-order valence-electron chi connectivity index (χ2n) is 6.00. The van der Waals surface area contributed by atoms with Gasteiger partial charge in [0.15, 0.2) is 0 Å². The molecule has 5 heteroatoms. The highest BCUT2D eigenvalue weighted by Crippen LogP contribution is 2.54. The van der Waals surface area contributed by atoms with E-state index >= 15 is 0 Å². The summed E-state index contributed by atoms with van der Waals surface area (Å²) in [5, 5.41) is 2.96. The summed E-state index contributed by atoms with van der Waals surface area (Å²) in [6.45, 7) is 0.270. The van der Waals surface area contributed by atoms with Crippen LogP contribution < -0.4 is 15.8 Å². The molecule has 2 fully saturated rings. The molecule has 3 rings (SSSR count). The van der Waals surface area contributed by atoms with Crippen molar-refractivity contribution >= 4 is 17.5 Å². The fourth-order valence-electron chi connectivity index (χ4n) is 3.08. The third-order valence-electron chi connectivity index (χ3n) is 4.35. The minimum atomic E-state index is -0.381. The van der Waals surface area contributed by atoms with Gasteiger partial charge in [0.25, 0.3) is 0 Å². The lowest BCUT2D eigenvalue weighted by molar-refractivity contribution is -0.120. The predicted octanol–water partition coefficient (Wildman–Crippen LogP) is 1.93. The molecule has 0 saturated heterocycles. The molecule has 0 spiro atoms. The maximum absolute atomic E-state index is 12.1. The number of carbonyl (C=O) groups is 2. The Bertz CT molecular complexity index is 531. The third-order valence-corrected chi connectivity index (χ3v) is 4.35. The van der Waals surface area contributed by atoms with Crippen molar-refractivity contribution in [3.63, 3.8) is 0 Å². The molecule has 2 aliphatic rings. The zero-order valence-corrected chi connectivity index (χ0v) is 11.9. The molecule has 2 unspecified atom stereocenters. The predicted molar refractivity (Wildman–Crippen MR) is 78.7 cm³/mol. The van der Waals surface area contributed by atoms with Crippen molar-refractivity contribution in [1.82, 2.24) is 0 Å². The van der Waals surface area contributed by atoms with Crippen molar-refractivity contribution in [1.29, 1.82) is 0 Å². The summed E-state index contributed by atoms with van der Waals surface area (Å²) >= 11 is 0. The van der Waals surface area contributed by atoms with E-state index in [-0.39, 0.29) is 30.8 Å². The van der Waals surface area contributed by atoms with Gasteiger partial charge in [-0.15, -0.1) is 0 Å². The second kappa shape index (κ2) is 5.76. The van der Waals surface area contributed by atoms with E-state index in [2.05, 4.69) is 5.32 Å². The van der Waals surface area contributed by atoms with Crippen LogP contribution in [0.4, 0.5) is 5.69 Å². The van der Waals surface area contributed by atoms with Crippen LogP contribution in [0.3, 0.4) is 0 Å². The minimum Gasteiger partial charge on any atom is -0.493 e. The fourth-order valence-corrected chi connectivity index (χ4v) is 3.08. The summed E-state index contributed by atoms with van der Waals surface area (Å²) in [7, 11) is 0. The molecule has 1 aromatic carbocycles. The first-order chi connectivity index (χ1) is 10.1. The number of rotatable bonds is 6. The van der Waals surface area contributed by atoms with Gasteiger partial charge in [-0.1, -0.05) is 0 Å². The van der Waals surface area contributed by atoms with Gasteiger partial charge in [-0.3, -0.25) is 9.59 Å². The minimum absolute atomic E-state index is 0.129. The Morgan fingerprint density at radius 1 is 1.14 bits per heavy atom. The molecule has 0 bridgehead atoms. The Labute approximate surface area is 123 Å². The molecule has 0 heterocycles. The summed E-state index contributed by atoms with van der Waals surface area (Å²) < 4.78 is 5.38. The zero-order valence-electron chi connectivity index (χ0n) is 11.9. The van der Waals surface area contributed by atoms with Gasteiger partial charge in [-0.05, 0) is 55.4 Å². The maximum Gasteiger partial charge on any atom is 0.227 e. The van der Waals surface area contributed by atoms with Gasteiger partial charge in [-0.2, -0.15) is 0 Å². The first-order valence-corrected chi connectivity index (χ1v) is 7.44. The molecule has 5 nitrogen and oxygen atoms in total. The van der Waals surface area contributed by atoms with Crippen LogP contribution >= 0.6 is 0 Å². The van der Waals surface area contributed by atoms with Crippen LogP contribution in [0, 0.1) is 17.8 Å². The number of ether oxygens (including phenoxy) is 1. The van der Waals surface area contributed by atoms with Crippen molar-refractivity contribution in [2.75, 3.05) is 11.9 Å². The molecular formula is C16H20N2O3. The number of fused-ring (bicyclic) bond motifs is 1. The number of carbonyl (C=O) groups excluding carboxylic acids is 2. The van der Waals surface area contributed by atoms with Gasteiger partial charge in [0.1, 0.15) is 5.75 Å². The standard InChI is InChI=1S/C16H20N2O3/c17-15(19)5-6-21-14-3-1-13(2-4-14)18-16(20)12-8-10-7-11(10)9-12/h1-4,10-12H,5-9H2,(H2,17,19)(H,18,20). The molecule has 1 aromatic rings. The average Bonchev–Trinajstić information content (AvgIpc) is 3.06. The Balaban J connectivity index is 1.47. The highest BCUT2D eigenvalue weighted by atomic mass is 16.5. The van der Waals surface area contributed by atoms with E-state index in [1.807, 2.05) is 12.1 Å². The number of anilines is 1. The van der Waals surface area contributed by atoms with Gasteiger partial charge < -0.3 is 15.8 Å². The van der Waals surface area contributed by atoms with E-state index < -0.39 is 0 Å². The summed E-state index contributed by atoms with van der Waals surface area (Å²) in [5.41, 5.74) is 5.82. The average molecular weight is 288 g/mol. The topological polar surface area (TPSA) is 81.4 Å². The quantitative estimate of drug-likeness (QED) is 0.839. The first kappa shape index (κ1) is 13.9. The SMILES string of the molecule is NC(=O)CCOc1ccc(NC(=O)C2CC3CC3C2)cc1. The highest BCUT2D eigenvalue weighted by Gasteiger charge is 2.47.